The van der Waals surface area contributed by atoms with Gasteiger partial charge < -0.3 is 4.74 Å². The molecule has 0 fully saturated rings. The third-order valence-electron chi connectivity index (χ3n) is 3.38. The van der Waals surface area contributed by atoms with Crippen molar-refractivity contribution in [3.8, 4) is 5.75 Å². The molecule has 0 aliphatic carbocycles. The molecule has 0 aromatic heterocycles. The zero-order valence-corrected chi connectivity index (χ0v) is 14.4. The fourth-order valence-electron chi connectivity index (χ4n) is 2.38. The van der Waals surface area contributed by atoms with Crippen molar-refractivity contribution in [2.75, 3.05) is 11.4 Å². The van der Waals surface area contributed by atoms with Gasteiger partial charge >= 0.3 is 0 Å². The predicted molar refractivity (Wildman–Crippen MR) is 90.9 cm³/mol. The summed E-state index contributed by atoms with van der Waals surface area (Å²) in [6, 6.07) is 11.8. The summed E-state index contributed by atoms with van der Waals surface area (Å²) in [6.45, 7) is 3.42. The summed E-state index contributed by atoms with van der Waals surface area (Å²) < 4.78 is 32.3. The lowest BCUT2D eigenvalue weighted by Crippen LogP contribution is -2.37. The smallest absolute Gasteiger partial charge is 0.293 e. The van der Waals surface area contributed by atoms with E-state index in [1.165, 1.54) is 23.5 Å². The average Bonchev–Trinajstić information content (AvgIpc) is 2.54. The molecule has 0 heterocycles. The number of hydrogen-bond acceptors (Lipinski definition) is 5. The first-order valence-electron chi connectivity index (χ1n) is 7.21. The molecule has 0 N–H and O–H groups in total. The number of methoxy groups -OCH3 is 1. The van der Waals surface area contributed by atoms with Crippen LogP contribution in [0, 0.1) is 10.1 Å². The van der Waals surface area contributed by atoms with E-state index in [1.54, 1.807) is 44.2 Å². The van der Waals surface area contributed by atoms with Gasteiger partial charge in [-0.1, -0.05) is 18.2 Å². The van der Waals surface area contributed by atoms with Crippen molar-refractivity contribution in [1.29, 1.82) is 0 Å². The van der Waals surface area contributed by atoms with Crippen molar-refractivity contribution < 1.29 is 18.1 Å². The second-order valence-corrected chi connectivity index (χ2v) is 7.10. The highest BCUT2D eigenvalue weighted by atomic mass is 32.2. The Morgan fingerprint density at radius 3 is 2.25 bits per heavy atom. The Kier molecular flexibility index (Phi) is 5.08. The third-order valence-corrected chi connectivity index (χ3v) is 5.43. The van der Waals surface area contributed by atoms with Gasteiger partial charge in [0.2, 0.25) is 0 Å². The zero-order chi connectivity index (χ0) is 17.9. The first-order chi connectivity index (χ1) is 11.3. The number of nitro benzene ring substituents is 1. The number of nitro groups is 1. The van der Waals surface area contributed by atoms with Crippen LogP contribution in [0.2, 0.25) is 0 Å². The molecular formula is C16H18N2O5S. The maximum absolute atomic E-state index is 13.1. The minimum atomic E-state index is -4.12. The lowest BCUT2D eigenvalue weighted by molar-refractivity contribution is -0.387. The summed E-state index contributed by atoms with van der Waals surface area (Å²) in [5, 5.41) is 11.3. The number of sulfonamides is 1. The second-order valence-electron chi connectivity index (χ2n) is 5.32. The first kappa shape index (κ1) is 17.7. The van der Waals surface area contributed by atoms with Crippen LogP contribution in [0.1, 0.15) is 13.8 Å². The quantitative estimate of drug-likeness (QED) is 0.589. The zero-order valence-electron chi connectivity index (χ0n) is 13.5. The number of benzene rings is 2. The van der Waals surface area contributed by atoms with E-state index in [9.17, 15) is 18.5 Å². The largest absolute Gasteiger partial charge is 0.497 e. The first-order valence-corrected chi connectivity index (χ1v) is 8.65. The monoisotopic (exact) mass is 350 g/mol. The summed E-state index contributed by atoms with van der Waals surface area (Å²) >= 11 is 0. The second kappa shape index (κ2) is 6.88. The number of para-hydroxylation sites is 1. The van der Waals surface area contributed by atoms with Gasteiger partial charge in [-0.05, 0) is 38.1 Å². The minimum Gasteiger partial charge on any atom is -0.497 e. The highest BCUT2D eigenvalue weighted by Gasteiger charge is 2.33. The van der Waals surface area contributed by atoms with Crippen LogP contribution in [0.5, 0.6) is 5.75 Å². The average molecular weight is 350 g/mol. The van der Waals surface area contributed by atoms with Crippen molar-refractivity contribution in [3.63, 3.8) is 0 Å². The number of nitrogens with zero attached hydrogens (tertiary/aromatic N) is 2. The van der Waals surface area contributed by atoms with E-state index in [-0.39, 0.29) is 10.6 Å². The Morgan fingerprint density at radius 2 is 1.75 bits per heavy atom. The maximum Gasteiger partial charge on any atom is 0.293 e. The van der Waals surface area contributed by atoms with Crippen LogP contribution in [0.4, 0.5) is 11.4 Å². The Labute approximate surface area is 140 Å². The van der Waals surface area contributed by atoms with E-state index in [4.69, 9.17) is 4.74 Å². The molecule has 0 atom stereocenters. The molecule has 2 aromatic carbocycles. The Hall–Kier alpha value is -2.61. The third kappa shape index (κ3) is 3.33. The summed E-state index contributed by atoms with van der Waals surface area (Å²) in [4.78, 5) is 10.2. The standard InChI is InChI=1S/C16H18N2O5S/c1-12(2)17(13-7-5-4-6-8-13)24(21,22)16-10-9-14(23-3)11-15(16)18(19)20/h4-12H,1-3H3. The van der Waals surface area contributed by atoms with E-state index >= 15 is 0 Å². The molecule has 0 aliphatic rings. The summed E-state index contributed by atoms with van der Waals surface area (Å²) in [5.74, 6) is 0.219. The molecule has 2 aromatic rings. The number of ether oxygens (including phenoxy) is 1. The molecule has 0 unspecified atom stereocenters. The van der Waals surface area contributed by atoms with Crippen molar-refractivity contribution in [2.45, 2.75) is 24.8 Å². The Morgan fingerprint density at radius 1 is 1.12 bits per heavy atom. The van der Waals surface area contributed by atoms with Gasteiger partial charge in [-0.25, -0.2) is 8.42 Å². The molecule has 2 rings (SSSR count). The normalized spacial score (nSPS) is 11.3. The predicted octanol–water partition coefficient (Wildman–Crippen LogP) is 3.21. The summed E-state index contributed by atoms with van der Waals surface area (Å²) in [7, 11) is -2.76. The molecule has 0 aliphatic heterocycles. The molecule has 128 valence electrons. The van der Waals surface area contributed by atoms with Gasteiger partial charge in [0.05, 0.1) is 23.8 Å². The van der Waals surface area contributed by atoms with Gasteiger partial charge in [-0.15, -0.1) is 0 Å². The highest BCUT2D eigenvalue weighted by Crippen LogP contribution is 2.33. The number of hydrogen-bond donors (Lipinski definition) is 0. The molecule has 0 bridgehead atoms. The SMILES string of the molecule is COc1ccc(S(=O)(=O)N(c2ccccc2)C(C)C)c([N+](=O)[O-])c1. The molecule has 24 heavy (non-hydrogen) atoms. The van der Waals surface area contributed by atoms with Crippen molar-refractivity contribution in [3.05, 3.63) is 58.6 Å². The maximum atomic E-state index is 13.1. The van der Waals surface area contributed by atoms with Crippen LogP contribution in [0.15, 0.2) is 53.4 Å². The van der Waals surface area contributed by atoms with Gasteiger partial charge in [0.25, 0.3) is 15.7 Å². The topological polar surface area (TPSA) is 89.8 Å². The fraction of sp³-hybridized carbons (Fsp3) is 0.250. The van der Waals surface area contributed by atoms with Crippen LogP contribution >= 0.6 is 0 Å². The lowest BCUT2D eigenvalue weighted by atomic mass is 10.3. The van der Waals surface area contributed by atoms with E-state index in [0.29, 0.717) is 5.69 Å². The van der Waals surface area contributed by atoms with Gasteiger partial charge in [0, 0.05) is 6.04 Å². The number of anilines is 1. The van der Waals surface area contributed by atoms with Gasteiger partial charge in [0.15, 0.2) is 4.90 Å². The van der Waals surface area contributed by atoms with Gasteiger partial charge in [-0.3, -0.25) is 14.4 Å². The van der Waals surface area contributed by atoms with Crippen molar-refractivity contribution in [2.24, 2.45) is 0 Å². The molecule has 0 spiro atoms. The summed E-state index contributed by atoms with van der Waals surface area (Å²) in [6.07, 6.45) is 0. The molecule has 8 heteroatoms. The molecule has 0 amide bonds. The van der Waals surface area contributed by atoms with E-state index in [1.807, 2.05) is 0 Å². The highest BCUT2D eigenvalue weighted by molar-refractivity contribution is 7.93. The van der Waals surface area contributed by atoms with Crippen molar-refractivity contribution in [1.82, 2.24) is 0 Å². The van der Waals surface area contributed by atoms with Crippen LogP contribution < -0.4 is 9.04 Å². The van der Waals surface area contributed by atoms with E-state index in [2.05, 4.69) is 0 Å². The molecule has 0 saturated carbocycles. The molecular weight excluding hydrogens is 332 g/mol. The lowest BCUT2D eigenvalue weighted by Gasteiger charge is -2.28. The van der Waals surface area contributed by atoms with Gasteiger partial charge in [0.1, 0.15) is 5.75 Å². The Bertz CT molecular complexity index is 835. The minimum absolute atomic E-state index is 0.219. The van der Waals surface area contributed by atoms with Gasteiger partial charge in [-0.2, -0.15) is 0 Å². The van der Waals surface area contributed by atoms with Crippen molar-refractivity contribution >= 4 is 21.4 Å². The molecule has 7 nitrogen and oxygen atoms in total. The molecule has 0 radical (unpaired) electrons. The van der Waals surface area contributed by atoms with E-state index < -0.39 is 26.7 Å². The van der Waals surface area contributed by atoms with E-state index in [0.717, 1.165) is 6.07 Å². The van der Waals surface area contributed by atoms with Crippen LogP contribution in [-0.2, 0) is 10.0 Å². The van der Waals surface area contributed by atoms with Crippen LogP contribution in [0.3, 0.4) is 0 Å². The Balaban J connectivity index is 2.66. The summed E-state index contributed by atoms with van der Waals surface area (Å²) in [5.41, 5.74) is -0.0754. The van der Waals surface area contributed by atoms with Crippen LogP contribution in [-0.4, -0.2) is 26.5 Å². The number of rotatable bonds is 6. The fourth-order valence-corrected chi connectivity index (χ4v) is 4.18. The van der Waals surface area contributed by atoms with Crippen LogP contribution in [0.25, 0.3) is 0 Å². The molecule has 0 saturated heterocycles.